The number of methoxy groups -OCH3 is 1. The van der Waals surface area contributed by atoms with Gasteiger partial charge in [0.25, 0.3) is 0 Å². The number of ketones is 1. The molecule has 0 saturated carbocycles. The predicted octanol–water partition coefficient (Wildman–Crippen LogP) is 1.23. The fraction of sp³-hybridized carbons (Fsp3) is 0.250. The fourth-order valence-electron chi connectivity index (χ4n) is 1.63. The average Bonchev–Trinajstić information content (AvgIpc) is 2.28. The molecule has 0 saturated heterocycles. The number of esters is 1. The van der Waals surface area contributed by atoms with Gasteiger partial charge in [-0.2, -0.15) is 0 Å². The second-order valence-corrected chi connectivity index (χ2v) is 3.62. The van der Waals surface area contributed by atoms with Crippen LogP contribution in [0.3, 0.4) is 0 Å². The summed E-state index contributed by atoms with van der Waals surface area (Å²) in [5.41, 5.74) is 2.51. The van der Waals surface area contributed by atoms with Crippen LogP contribution in [0.15, 0.2) is 23.2 Å². The number of nitrogens with zero attached hydrogens (tertiary/aromatic N) is 1. The van der Waals surface area contributed by atoms with Gasteiger partial charge in [0.15, 0.2) is 5.78 Å². The van der Waals surface area contributed by atoms with Gasteiger partial charge in [0, 0.05) is 6.42 Å². The molecule has 0 N–H and O–H groups in total. The fourth-order valence-corrected chi connectivity index (χ4v) is 1.63. The van der Waals surface area contributed by atoms with Gasteiger partial charge in [-0.05, 0) is 17.2 Å². The smallest absolute Gasteiger partial charge is 0.309 e. The van der Waals surface area contributed by atoms with Gasteiger partial charge in [-0.3, -0.25) is 14.6 Å². The second-order valence-electron chi connectivity index (χ2n) is 3.62. The summed E-state index contributed by atoms with van der Waals surface area (Å²) in [5, 5.41) is 0. The van der Waals surface area contributed by atoms with Gasteiger partial charge in [-0.1, -0.05) is 12.1 Å². The Morgan fingerprint density at radius 3 is 3.06 bits per heavy atom. The van der Waals surface area contributed by atoms with E-state index in [1.54, 1.807) is 0 Å². The van der Waals surface area contributed by atoms with Crippen LogP contribution in [0.4, 0.5) is 5.69 Å². The first-order valence-electron chi connectivity index (χ1n) is 4.94. The number of benzene rings is 1. The van der Waals surface area contributed by atoms with E-state index in [1.807, 2.05) is 18.2 Å². The molecule has 0 amide bonds. The molecule has 1 heterocycles. The Morgan fingerprint density at radius 1 is 1.50 bits per heavy atom. The molecule has 0 unspecified atom stereocenters. The lowest BCUT2D eigenvalue weighted by Gasteiger charge is -2.10. The summed E-state index contributed by atoms with van der Waals surface area (Å²) in [6, 6.07) is 5.47. The Balaban J connectivity index is 2.25. The van der Waals surface area contributed by atoms with Gasteiger partial charge in [-0.25, -0.2) is 0 Å². The number of fused-ring (bicyclic) bond motifs is 1. The Hall–Kier alpha value is -1.97. The van der Waals surface area contributed by atoms with E-state index in [0.29, 0.717) is 6.42 Å². The highest BCUT2D eigenvalue weighted by molar-refractivity contribution is 6.29. The highest BCUT2D eigenvalue weighted by atomic mass is 16.5. The molecule has 1 aromatic rings. The zero-order valence-corrected chi connectivity index (χ0v) is 8.90. The van der Waals surface area contributed by atoms with Crippen LogP contribution in [-0.4, -0.2) is 25.1 Å². The van der Waals surface area contributed by atoms with Crippen molar-refractivity contribution >= 4 is 23.7 Å². The second kappa shape index (κ2) is 4.26. The zero-order valence-electron chi connectivity index (χ0n) is 8.90. The summed E-state index contributed by atoms with van der Waals surface area (Å²) in [6.07, 6.45) is 1.91. The highest BCUT2D eigenvalue weighted by Gasteiger charge is 2.13. The number of hydrogen-bond acceptors (Lipinski definition) is 4. The van der Waals surface area contributed by atoms with Crippen molar-refractivity contribution in [3.8, 4) is 0 Å². The molecule has 4 heteroatoms. The molecule has 1 aromatic carbocycles. The summed E-state index contributed by atoms with van der Waals surface area (Å²) in [5.74, 6) is -0.298. The van der Waals surface area contributed by atoms with Crippen LogP contribution in [0.5, 0.6) is 0 Å². The van der Waals surface area contributed by atoms with E-state index in [1.165, 1.54) is 13.3 Å². The van der Waals surface area contributed by atoms with Crippen molar-refractivity contribution in [1.82, 2.24) is 0 Å². The maximum absolute atomic E-state index is 11.2. The van der Waals surface area contributed by atoms with Crippen LogP contribution in [0.2, 0.25) is 0 Å². The minimum atomic E-state index is -0.286. The Bertz CT molecular complexity index is 477. The van der Waals surface area contributed by atoms with Gasteiger partial charge in [-0.15, -0.1) is 0 Å². The van der Waals surface area contributed by atoms with E-state index in [0.717, 1.165) is 16.8 Å². The van der Waals surface area contributed by atoms with E-state index in [9.17, 15) is 9.59 Å². The maximum atomic E-state index is 11.2. The minimum Gasteiger partial charge on any atom is -0.469 e. The SMILES string of the molecule is COC(=O)Cc1ccc2c(c1)CC(=O)C=N2. The molecule has 16 heavy (non-hydrogen) atoms. The van der Waals surface area contributed by atoms with Crippen molar-refractivity contribution < 1.29 is 14.3 Å². The maximum Gasteiger partial charge on any atom is 0.309 e. The lowest BCUT2D eigenvalue weighted by molar-refractivity contribution is -0.139. The summed E-state index contributed by atoms with van der Waals surface area (Å²) in [4.78, 5) is 26.3. The number of hydrogen-bond donors (Lipinski definition) is 0. The van der Waals surface area contributed by atoms with Crippen molar-refractivity contribution in [3.05, 3.63) is 29.3 Å². The first kappa shape index (κ1) is 10.5. The molecule has 0 spiro atoms. The van der Waals surface area contributed by atoms with Crippen LogP contribution in [0.1, 0.15) is 11.1 Å². The molecule has 0 atom stereocenters. The first-order chi connectivity index (χ1) is 7.69. The van der Waals surface area contributed by atoms with Crippen molar-refractivity contribution in [2.45, 2.75) is 12.8 Å². The van der Waals surface area contributed by atoms with Crippen molar-refractivity contribution in [2.24, 2.45) is 4.99 Å². The Morgan fingerprint density at radius 2 is 2.31 bits per heavy atom. The average molecular weight is 217 g/mol. The number of ether oxygens (including phenoxy) is 1. The summed E-state index contributed by atoms with van der Waals surface area (Å²) in [7, 11) is 1.36. The topological polar surface area (TPSA) is 55.7 Å². The monoisotopic (exact) mass is 217 g/mol. The lowest BCUT2D eigenvalue weighted by Crippen LogP contribution is -2.10. The van der Waals surface area contributed by atoms with Crippen LogP contribution in [-0.2, 0) is 27.2 Å². The Labute approximate surface area is 92.9 Å². The Kier molecular flexibility index (Phi) is 2.81. The number of carbonyl (C=O) groups excluding carboxylic acids is 2. The van der Waals surface area contributed by atoms with E-state index >= 15 is 0 Å². The van der Waals surface area contributed by atoms with Crippen molar-refractivity contribution in [3.63, 3.8) is 0 Å². The van der Waals surface area contributed by atoms with Gasteiger partial charge < -0.3 is 4.74 Å². The lowest BCUT2D eigenvalue weighted by atomic mass is 10.0. The van der Waals surface area contributed by atoms with Gasteiger partial charge in [0.05, 0.1) is 25.4 Å². The minimum absolute atomic E-state index is 0.0114. The summed E-state index contributed by atoms with van der Waals surface area (Å²) >= 11 is 0. The van der Waals surface area contributed by atoms with E-state index < -0.39 is 0 Å². The predicted molar refractivity (Wildman–Crippen MR) is 59.0 cm³/mol. The van der Waals surface area contributed by atoms with Crippen LogP contribution < -0.4 is 0 Å². The van der Waals surface area contributed by atoms with Crippen molar-refractivity contribution in [2.75, 3.05) is 7.11 Å². The highest BCUT2D eigenvalue weighted by Crippen LogP contribution is 2.24. The molecule has 1 aliphatic heterocycles. The zero-order chi connectivity index (χ0) is 11.5. The summed E-state index contributed by atoms with van der Waals surface area (Å²) in [6.45, 7) is 0. The van der Waals surface area contributed by atoms with E-state index in [2.05, 4.69) is 9.73 Å². The normalized spacial score (nSPS) is 13.4. The number of rotatable bonds is 2. The molecule has 2 rings (SSSR count). The van der Waals surface area contributed by atoms with Crippen LogP contribution in [0, 0.1) is 0 Å². The molecular formula is C12H11NO3. The van der Waals surface area contributed by atoms with Crippen molar-refractivity contribution in [1.29, 1.82) is 0 Å². The molecule has 0 fully saturated rings. The van der Waals surface area contributed by atoms with E-state index in [-0.39, 0.29) is 18.2 Å². The molecular weight excluding hydrogens is 206 g/mol. The van der Waals surface area contributed by atoms with Crippen LogP contribution >= 0.6 is 0 Å². The van der Waals surface area contributed by atoms with Gasteiger partial charge in [0.1, 0.15) is 0 Å². The third-order valence-electron chi connectivity index (χ3n) is 2.43. The molecule has 0 aromatic heterocycles. The van der Waals surface area contributed by atoms with Gasteiger partial charge in [0.2, 0.25) is 0 Å². The molecule has 0 bridgehead atoms. The number of Topliss-reactive ketones (excluding diaryl/α,β-unsaturated/α-hetero) is 1. The molecule has 82 valence electrons. The molecule has 0 aliphatic carbocycles. The van der Waals surface area contributed by atoms with Crippen LogP contribution in [0.25, 0.3) is 0 Å². The number of carbonyl (C=O) groups is 2. The largest absolute Gasteiger partial charge is 0.469 e. The molecule has 4 nitrogen and oxygen atoms in total. The molecule has 1 aliphatic rings. The quantitative estimate of drug-likeness (QED) is 0.700. The number of aliphatic imine (C=N–C) groups is 1. The van der Waals surface area contributed by atoms with Gasteiger partial charge >= 0.3 is 5.97 Å². The molecule has 0 radical (unpaired) electrons. The third-order valence-corrected chi connectivity index (χ3v) is 2.43. The standard InChI is InChI=1S/C12H11NO3/c1-16-12(15)5-8-2-3-11-9(4-8)6-10(14)7-13-11/h2-4,7H,5-6H2,1H3. The third kappa shape index (κ3) is 2.16. The van der Waals surface area contributed by atoms with E-state index in [4.69, 9.17) is 0 Å². The first-order valence-corrected chi connectivity index (χ1v) is 4.94. The summed E-state index contributed by atoms with van der Waals surface area (Å²) < 4.78 is 4.58.